The van der Waals surface area contributed by atoms with E-state index in [-0.39, 0.29) is 0 Å². The third kappa shape index (κ3) is 5.05. The van der Waals surface area contributed by atoms with Gasteiger partial charge in [-0.2, -0.15) is 0 Å². The summed E-state index contributed by atoms with van der Waals surface area (Å²) in [7, 11) is 0. The van der Waals surface area contributed by atoms with Crippen molar-refractivity contribution in [3.63, 3.8) is 0 Å². The van der Waals surface area contributed by atoms with E-state index in [1.54, 1.807) is 6.33 Å². The normalized spacial score (nSPS) is 10.4. The Kier molecular flexibility index (Phi) is 6.05. The van der Waals surface area contributed by atoms with Crippen molar-refractivity contribution >= 4 is 11.5 Å². The second-order valence-electron chi connectivity index (χ2n) is 6.70. The summed E-state index contributed by atoms with van der Waals surface area (Å²) in [5.41, 5.74) is 3.91. The number of pyridine rings is 1. The molecule has 0 unspecified atom stereocenters. The number of nitrogens with zero attached hydrogens (tertiary/aromatic N) is 2. The van der Waals surface area contributed by atoms with Crippen molar-refractivity contribution in [1.82, 2.24) is 15.0 Å². The summed E-state index contributed by atoms with van der Waals surface area (Å²) >= 11 is 0. The number of ether oxygens (including phenoxy) is 1. The fraction of sp³-hybridized carbons (Fsp3) is 0.0833. The second kappa shape index (κ2) is 9.43. The molecule has 2 aromatic carbocycles. The molecule has 0 amide bonds. The summed E-state index contributed by atoms with van der Waals surface area (Å²) in [6.45, 7) is 4.54. The molecular weight excluding hydrogens is 374 g/mol. The Morgan fingerprint density at radius 1 is 0.933 bits per heavy atom. The summed E-state index contributed by atoms with van der Waals surface area (Å²) in [6, 6.07) is 21.7. The zero-order valence-corrected chi connectivity index (χ0v) is 16.5. The largest absolute Gasteiger partial charge is 0.493 e. The molecule has 4 rings (SSSR count). The van der Waals surface area contributed by atoms with Gasteiger partial charge in [-0.05, 0) is 35.9 Å². The fourth-order valence-corrected chi connectivity index (χ4v) is 3.02. The van der Waals surface area contributed by atoms with Crippen molar-refractivity contribution in [2.75, 3.05) is 17.2 Å². The molecule has 6 nitrogen and oxygen atoms in total. The molecule has 0 saturated carbocycles. The minimum Gasteiger partial charge on any atom is -0.493 e. The van der Waals surface area contributed by atoms with Crippen molar-refractivity contribution in [2.24, 2.45) is 0 Å². The van der Waals surface area contributed by atoms with Gasteiger partial charge in [-0.1, -0.05) is 43.0 Å². The zero-order chi connectivity index (χ0) is 20.6. The predicted octanol–water partition coefficient (Wildman–Crippen LogP) is 5.09. The number of para-hydroxylation sites is 2. The SMILES string of the molecule is C=C(Nc1ccccc1)Nc1ccc(CCOc2ccccc2-c2c[nH]cn2)cn1. The molecule has 0 aliphatic rings. The molecule has 0 saturated heterocycles. The summed E-state index contributed by atoms with van der Waals surface area (Å²) in [4.78, 5) is 11.7. The van der Waals surface area contributed by atoms with Crippen molar-refractivity contribution in [3.8, 4) is 17.0 Å². The molecule has 0 bridgehead atoms. The van der Waals surface area contributed by atoms with Crippen molar-refractivity contribution < 1.29 is 4.74 Å². The van der Waals surface area contributed by atoms with Gasteiger partial charge in [-0.15, -0.1) is 0 Å². The molecule has 0 atom stereocenters. The van der Waals surface area contributed by atoms with Gasteiger partial charge in [0, 0.05) is 30.1 Å². The maximum Gasteiger partial charge on any atom is 0.131 e. The first kappa shape index (κ1) is 19.3. The first-order valence-corrected chi connectivity index (χ1v) is 9.72. The molecule has 2 aromatic heterocycles. The number of H-pyrrole nitrogens is 1. The van der Waals surface area contributed by atoms with Gasteiger partial charge in [0.1, 0.15) is 17.4 Å². The van der Waals surface area contributed by atoms with Crippen LogP contribution in [0.25, 0.3) is 11.3 Å². The van der Waals surface area contributed by atoms with Crippen LogP contribution in [-0.2, 0) is 6.42 Å². The van der Waals surface area contributed by atoms with Crippen LogP contribution in [-0.4, -0.2) is 21.6 Å². The molecule has 0 spiro atoms. The molecule has 6 heteroatoms. The molecule has 0 radical (unpaired) electrons. The lowest BCUT2D eigenvalue weighted by atomic mass is 10.1. The number of aromatic amines is 1. The lowest BCUT2D eigenvalue weighted by molar-refractivity contribution is 0.323. The average Bonchev–Trinajstić information content (AvgIpc) is 3.31. The first-order valence-electron chi connectivity index (χ1n) is 9.72. The van der Waals surface area contributed by atoms with E-state index in [2.05, 4.69) is 32.2 Å². The van der Waals surface area contributed by atoms with Crippen molar-refractivity contribution in [1.29, 1.82) is 0 Å². The van der Waals surface area contributed by atoms with Gasteiger partial charge in [-0.3, -0.25) is 0 Å². The minimum absolute atomic E-state index is 0.554. The number of rotatable bonds is 9. The molecule has 0 fully saturated rings. The van der Waals surface area contributed by atoms with Crippen LogP contribution >= 0.6 is 0 Å². The van der Waals surface area contributed by atoms with Gasteiger partial charge in [0.05, 0.1) is 18.6 Å². The second-order valence-corrected chi connectivity index (χ2v) is 6.70. The number of hydrogen-bond donors (Lipinski definition) is 3. The molecule has 0 aliphatic heterocycles. The number of anilines is 2. The average molecular weight is 397 g/mol. The van der Waals surface area contributed by atoms with Crippen LogP contribution in [0, 0.1) is 0 Å². The third-order valence-corrected chi connectivity index (χ3v) is 4.48. The Morgan fingerprint density at radius 2 is 1.77 bits per heavy atom. The van der Waals surface area contributed by atoms with E-state index >= 15 is 0 Å². The lowest BCUT2D eigenvalue weighted by Crippen LogP contribution is -2.09. The molecular formula is C24H23N5O. The molecule has 2 heterocycles. The highest BCUT2D eigenvalue weighted by Crippen LogP contribution is 2.28. The quantitative estimate of drug-likeness (QED) is 0.367. The van der Waals surface area contributed by atoms with Gasteiger partial charge in [0.25, 0.3) is 0 Å². The smallest absolute Gasteiger partial charge is 0.131 e. The van der Waals surface area contributed by atoms with Crippen LogP contribution in [0.5, 0.6) is 5.75 Å². The van der Waals surface area contributed by atoms with E-state index < -0.39 is 0 Å². The van der Waals surface area contributed by atoms with Gasteiger partial charge in [-0.25, -0.2) is 9.97 Å². The van der Waals surface area contributed by atoms with E-state index in [4.69, 9.17) is 4.74 Å². The number of nitrogens with one attached hydrogen (secondary N) is 3. The van der Waals surface area contributed by atoms with Gasteiger partial charge >= 0.3 is 0 Å². The van der Waals surface area contributed by atoms with Gasteiger partial charge in [0.2, 0.25) is 0 Å². The number of imidazole rings is 1. The highest BCUT2D eigenvalue weighted by molar-refractivity contribution is 5.66. The predicted molar refractivity (Wildman–Crippen MR) is 120 cm³/mol. The zero-order valence-electron chi connectivity index (χ0n) is 16.5. The van der Waals surface area contributed by atoms with Crippen molar-refractivity contribution in [2.45, 2.75) is 6.42 Å². The minimum atomic E-state index is 0.554. The standard InChI is InChI=1S/C24H23N5O/c1-18(28-20-7-3-2-4-8-20)29-24-12-11-19(15-26-24)13-14-30-23-10-6-5-9-21(23)22-16-25-17-27-22/h2-12,15-17,28H,1,13-14H2,(H,25,27)(H,26,29). The summed E-state index contributed by atoms with van der Waals surface area (Å²) in [5.74, 6) is 2.22. The first-order chi connectivity index (χ1) is 14.8. The Balaban J connectivity index is 1.29. The topological polar surface area (TPSA) is 74.9 Å². The summed E-state index contributed by atoms with van der Waals surface area (Å²) in [5, 5.41) is 6.37. The Bertz CT molecular complexity index is 1080. The number of hydrogen-bond acceptors (Lipinski definition) is 5. The molecule has 4 aromatic rings. The number of aromatic nitrogens is 3. The highest BCUT2D eigenvalue weighted by Gasteiger charge is 2.07. The van der Waals surface area contributed by atoms with Crippen LogP contribution in [0.1, 0.15) is 5.56 Å². The van der Waals surface area contributed by atoms with E-state index in [1.165, 1.54) is 0 Å². The van der Waals surface area contributed by atoms with E-state index in [1.807, 2.05) is 79.1 Å². The maximum atomic E-state index is 6.00. The van der Waals surface area contributed by atoms with Crippen LogP contribution in [0.15, 0.2) is 97.9 Å². The van der Waals surface area contributed by atoms with E-state index in [0.29, 0.717) is 12.4 Å². The number of benzene rings is 2. The Morgan fingerprint density at radius 3 is 2.53 bits per heavy atom. The Labute approximate surface area is 175 Å². The summed E-state index contributed by atoms with van der Waals surface area (Å²) in [6.07, 6.45) is 6.13. The molecule has 3 N–H and O–H groups in total. The van der Waals surface area contributed by atoms with Crippen LogP contribution in [0.3, 0.4) is 0 Å². The van der Waals surface area contributed by atoms with E-state index in [0.717, 1.165) is 40.5 Å². The molecule has 30 heavy (non-hydrogen) atoms. The summed E-state index contributed by atoms with van der Waals surface area (Å²) < 4.78 is 6.00. The Hall–Kier alpha value is -4.06. The van der Waals surface area contributed by atoms with Gasteiger partial charge < -0.3 is 20.4 Å². The monoisotopic (exact) mass is 397 g/mol. The molecule has 150 valence electrons. The van der Waals surface area contributed by atoms with Crippen LogP contribution in [0.2, 0.25) is 0 Å². The van der Waals surface area contributed by atoms with E-state index in [9.17, 15) is 0 Å². The van der Waals surface area contributed by atoms with Crippen LogP contribution in [0.4, 0.5) is 11.5 Å². The van der Waals surface area contributed by atoms with Gasteiger partial charge in [0.15, 0.2) is 0 Å². The molecule has 0 aliphatic carbocycles. The third-order valence-electron chi connectivity index (χ3n) is 4.48. The van der Waals surface area contributed by atoms with Crippen LogP contribution < -0.4 is 15.4 Å². The highest BCUT2D eigenvalue weighted by atomic mass is 16.5. The maximum absolute atomic E-state index is 6.00. The lowest BCUT2D eigenvalue weighted by Gasteiger charge is -2.12. The van der Waals surface area contributed by atoms with Crippen molar-refractivity contribution in [3.05, 3.63) is 103 Å². The fourth-order valence-electron chi connectivity index (χ4n) is 3.02.